The molecule has 0 amide bonds. The van der Waals surface area contributed by atoms with Gasteiger partial charge in [0.05, 0.1) is 11.4 Å². The lowest BCUT2D eigenvalue weighted by Gasteiger charge is -2.33. The molecule has 0 aliphatic heterocycles. The van der Waals surface area contributed by atoms with Gasteiger partial charge in [-0.25, -0.2) is 0 Å². The highest BCUT2D eigenvalue weighted by atomic mass is 15.2. The summed E-state index contributed by atoms with van der Waals surface area (Å²) in [6.07, 6.45) is 2.03. The van der Waals surface area contributed by atoms with E-state index >= 15 is 0 Å². The second kappa shape index (κ2) is 14.4. The van der Waals surface area contributed by atoms with Crippen molar-refractivity contribution in [3.8, 4) is 0 Å². The Morgan fingerprint density at radius 2 is 0.745 bits per heavy atom. The zero-order valence-corrected chi connectivity index (χ0v) is 28.2. The van der Waals surface area contributed by atoms with Crippen molar-refractivity contribution < 1.29 is 0 Å². The van der Waals surface area contributed by atoms with Crippen LogP contribution in [0, 0.1) is 6.92 Å². The Balaban J connectivity index is 0.00000190. The van der Waals surface area contributed by atoms with Gasteiger partial charge < -0.3 is 9.80 Å². The highest BCUT2D eigenvalue weighted by Crippen LogP contribution is 2.51. The van der Waals surface area contributed by atoms with E-state index in [2.05, 4.69) is 182 Å². The Hall–Kier alpha value is -5.34. The van der Waals surface area contributed by atoms with Crippen molar-refractivity contribution in [1.82, 2.24) is 0 Å². The van der Waals surface area contributed by atoms with Crippen LogP contribution in [0.4, 0.5) is 34.1 Å². The zero-order chi connectivity index (χ0) is 32.8. The van der Waals surface area contributed by atoms with E-state index < -0.39 is 0 Å². The molecule has 0 unspecified atom stereocenters. The zero-order valence-electron chi connectivity index (χ0n) is 28.2. The Labute approximate surface area is 280 Å². The lowest BCUT2D eigenvalue weighted by Crippen LogP contribution is -2.14. The summed E-state index contributed by atoms with van der Waals surface area (Å²) < 4.78 is 0. The van der Waals surface area contributed by atoms with Crippen molar-refractivity contribution >= 4 is 55.7 Å². The average molecular weight is 613 g/mol. The predicted molar refractivity (Wildman–Crippen MR) is 206 cm³/mol. The van der Waals surface area contributed by atoms with E-state index in [0.29, 0.717) is 0 Å². The monoisotopic (exact) mass is 612 g/mol. The standard InChI is InChI=1S/C43H38N2.C2H6/c1-4-32-21-25-36(26-22-32)44(34-14-8-6-9-15-34)42-38-18-12-13-19-39(38)43(41-30-31(3)20-29-40(41)42)45(35-16-10-7-11-17-35)37-27-23-33(5-2)24-28-37;1-2/h6-30H,4-5H2,1-3H3;1-2H3. The Morgan fingerprint density at radius 1 is 0.383 bits per heavy atom. The number of benzene rings is 7. The second-order valence-electron chi connectivity index (χ2n) is 11.7. The quantitative estimate of drug-likeness (QED) is 0.124. The molecule has 0 aliphatic rings. The van der Waals surface area contributed by atoms with Crippen LogP contribution in [0.2, 0.25) is 0 Å². The van der Waals surface area contributed by atoms with E-state index in [4.69, 9.17) is 0 Å². The average Bonchev–Trinajstić information content (AvgIpc) is 3.15. The van der Waals surface area contributed by atoms with Crippen LogP contribution < -0.4 is 9.80 Å². The van der Waals surface area contributed by atoms with Crippen LogP contribution >= 0.6 is 0 Å². The molecule has 0 aliphatic carbocycles. The summed E-state index contributed by atoms with van der Waals surface area (Å²) in [4.78, 5) is 4.88. The third kappa shape index (κ3) is 6.24. The van der Waals surface area contributed by atoms with Gasteiger partial charge in [-0.3, -0.25) is 0 Å². The molecule has 7 rings (SSSR count). The molecule has 0 saturated heterocycles. The molecule has 0 fully saturated rings. The van der Waals surface area contributed by atoms with Crippen molar-refractivity contribution in [3.05, 3.63) is 168 Å². The number of nitrogens with zero attached hydrogens (tertiary/aromatic N) is 2. The summed E-state index contributed by atoms with van der Waals surface area (Å²) >= 11 is 0. The third-order valence-electron chi connectivity index (χ3n) is 8.80. The molecule has 7 aromatic carbocycles. The van der Waals surface area contributed by atoms with Gasteiger partial charge in [0.1, 0.15) is 0 Å². The smallest absolute Gasteiger partial charge is 0.0620 e. The van der Waals surface area contributed by atoms with Crippen molar-refractivity contribution in [2.75, 3.05) is 9.80 Å². The molecule has 0 bridgehead atoms. The minimum absolute atomic E-state index is 1.01. The molecule has 234 valence electrons. The van der Waals surface area contributed by atoms with Gasteiger partial charge in [0.2, 0.25) is 0 Å². The number of rotatable bonds is 8. The molecule has 0 radical (unpaired) electrons. The normalized spacial score (nSPS) is 10.8. The van der Waals surface area contributed by atoms with E-state index in [1.807, 2.05) is 13.8 Å². The maximum absolute atomic E-state index is 2.44. The van der Waals surface area contributed by atoms with Gasteiger partial charge in [0, 0.05) is 44.3 Å². The highest BCUT2D eigenvalue weighted by molar-refractivity contribution is 6.23. The topological polar surface area (TPSA) is 6.48 Å². The van der Waals surface area contributed by atoms with Gasteiger partial charge in [0.15, 0.2) is 0 Å². The fourth-order valence-electron chi connectivity index (χ4n) is 6.46. The van der Waals surface area contributed by atoms with Gasteiger partial charge in [-0.2, -0.15) is 0 Å². The molecule has 0 heterocycles. The molecule has 0 atom stereocenters. The molecule has 0 N–H and O–H groups in total. The highest BCUT2D eigenvalue weighted by Gasteiger charge is 2.25. The fourth-order valence-corrected chi connectivity index (χ4v) is 6.46. The molecule has 0 saturated carbocycles. The van der Waals surface area contributed by atoms with Crippen molar-refractivity contribution in [1.29, 1.82) is 0 Å². The van der Waals surface area contributed by atoms with Crippen LogP contribution in [0.3, 0.4) is 0 Å². The van der Waals surface area contributed by atoms with Gasteiger partial charge in [0.25, 0.3) is 0 Å². The summed E-state index contributed by atoms with van der Waals surface area (Å²) in [7, 11) is 0. The van der Waals surface area contributed by atoms with Crippen LogP contribution in [-0.4, -0.2) is 0 Å². The van der Waals surface area contributed by atoms with E-state index in [1.54, 1.807) is 0 Å². The predicted octanol–water partition coefficient (Wildman–Crippen LogP) is 13.4. The lowest BCUT2D eigenvalue weighted by molar-refractivity contribution is 1.14. The molecule has 0 aromatic heterocycles. The Morgan fingerprint density at radius 3 is 1.17 bits per heavy atom. The van der Waals surface area contributed by atoms with E-state index in [-0.39, 0.29) is 0 Å². The number of para-hydroxylation sites is 2. The van der Waals surface area contributed by atoms with Crippen LogP contribution in [0.25, 0.3) is 21.5 Å². The number of hydrogen-bond donors (Lipinski definition) is 0. The van der Waals surface area contributed by atoms with Crippen molar-refractivity contribution in [2.45, 2.75) is 47.5 Å². The summed E-state index contributed by atoms with van der Waals surface area (Å²) in [6, 6.07) is 55.5. The molecular weight excluding hydrogens is 569 g/mol. The summed E-state index contributed by atoms with van der Waals surface area (Å²) in [5.74, 6) is 0. The number of anilines is 6. The molecule has 7 aromatic rings. The van der Waals surface area contributed by atoms with Crippen LogP contribution in [0.15, 0.2) is 152 Å². The fraction of sp³-hybridized carbons (Fsp3) is 0.156. The number of fused-ring (bicyclic) bond motifs is 2. The molecule has 47 heavy (non-hydrogen) atoms. The van der Waals surface area contributed by atoms with Crippen molar-refractivity contribution in [2.24, 2.45) is 0 Å². The molecular formula is C45H44N2. The molecule has 0 spiro atoms. The van der Waals surface area contributed by atoms with Gasteiger partial charge in [-0.1, -0.05) is 130 Å². The van der Waals surface area contributed by atoms with Gasteiger partial charge in [-0.05, 0) is 85.5 Å². The van der Waals surface area contributed by atoms with Gasteiger partial charge in [-0.15, -0.1) is 0 Å². The Kier molecular flexibility index (Phi) is 9.69. The first-order chi connectivity index (χ1) is 23.2. The van der Waals surface area contributed by atoms with E-state index in [0.717, 1.165) is 35.6 Å². The Bertz CT molecular complexity index is 2060. The van der Waals surface area contributed by atoms with Gasteiger partial charge >= 0.3 is 0 Å². The van der Waals surface area contributed by atoms with E-state index in [9.17, 15) is 0 Å². The summed E-state index contributed by atoms with van der Waals surface area (Å²) in [6.45, 7) is 10.6. The van der Waals surface area contributed by atoms with Crippen LogP contribution in [0.5, 0.6) is 0 Å². The third-order valence-corrected chi connectivity index (χ3v) is 8.80. The lowest BCUT2D eigenvalue weighted by atomic mass is 9.94. The number of hydrogen-bond acceptors (Lipinski definition) is 2. The second-order valence-corrected chi connectivity index (χ2v) is 11.7. The number of aryl methyl sites for hydroxylation is 3. The SMILES string of the molecule is CC.CCc1ccc(N(c2ccccc2)c2c3ccccc3c(N(c3ccccc3)c3ccc(CC)cc3)c3cc(C)ccc23)cc1. The summed E-state index contributed by atoms with van der Waals surface area (Å²) in [5.41, 5.74) is 10.8. The van der Waals surface area contributed by atoms with Crippen LogP contribution in [0.1, 0.15) is 44.4 Å². The maximum atomic E-state index is 2.44. The molecule has 2 heteroatoms. The van der Waals surface area contributed by atoms with Crippen molar-refractivity contribution in [3.63, 3.8) is 0 Å². The summed E-state index contributed by atoms with van der Waals surface area (Å²) in [5, 5.41) is 4.85. The maximum Gasteiger partial charge on any atom is 0.0620 e. The minimum atomic E-state index is 1.01. The molecule has 2 nitrogen and oxygen atoms in total. The first-order valence-corrected chi connectivity index (χ1v) is 17.0. The minimum Gasteiger partial charge on any atom is -0.309 e. The first-order valence-electron chi connectivity index (χ1n) is 17.0. The first kappa shape index (κ1) is 31.6. The largest absolute Gasteiger partial charge is 0.309 e. The van der Waals surface area contributed by atoms with E-state index in [1.165, 1.54) is 49.6 Å². The van der Waals surface area contributed by atoms with Crippen LogP contribution in [-0.2, 0) is 12.8 Å².